The van der Waals surface area contributed by atoms with Crippen LogP contribution in [-0.4, -0.2) is 33.8 Å². The quantitative estimate of drug-likeness (QED) is 0.740. The monoisotopic (exact) mass is 255 g/mol. The van der Waals surface area contributed by atoms with E-state index < -0.39 is 10.8 Å². The van der Waals surface area contributed by atoms with Gasteiger partial charge in [-0.2, -0.15) is 0 Å². The van der Waals surface area contributed by atoms with E-state index in [1.54, 1.807) is 30.5 Å². The van der Waals surface area contributed by atoms with E-state index in [1.807, 2.05) is 0 Å². The maximum absolute atomic E-state index is 11.5. The van der Waals surface area contributed by atoms with Crippen LogP contribution in [0.5, 0.6) is 5.75 Å². The standard InChI is InChI=1S/C12H17NO3S/c1-17(16)7-3-6-13-12(15)9-10-4-2-5-11(14)8-10/h2,4-5,8,14H,3,6-7,9H2,1H3,(H,13,15). The molecular formula is C12H17NO3S. The Labute approximate surface area is 104 Å². The fourth-order valence-electron chi connectivity index (χ4n) is 1.42. The van der Waals surface area contributed by atoms with Crippen molar-refractivity contribution in [2.24, 2.45) is 0 Å². The van der Waals surface area contributed by atoms with Crippen LogP contribution in [0.15, 0.2) is 24.3 Å². The zero-order valence-corrected chi connectivity index (χ0v) is 10.6. The first kappa shape index (κ1) is 13.7. The van der Waals surface area contributed by atoms with Crippen molar-refractivity contribution in [3.63, 3.8) is 0 Å². The zero-order chi connectivity index (χ0) is 12.7. The molecule has 5 heteroatoms. The highest BCUT2D eigenvalue weighted by molar-refractivity contribution is 7.84. The van der Waals surface area contributed by atoms with Gasteiger partial charge in [0, 0.05) is 29.4 Å². The molecule has 1 aromatic carbocycles. The molecule has 4 nitrogen and oxygen atoms in total. The Balaban J connectivity index is 2.27. The zero-order valence-electron chi connectivity index (χ0n) is 9.81. The molecule has 0 saturated carbocycles. The number of phenols is 1. The van der Waals surface area contributed by atoms with E-state index in [4.69, 9.17) is 0 Å². The molecule has 1 atom stereocenters. The summed E-state index contributed by atoms with van der Waals surface area (Å²) in [6.07, 6.45) is 2.62. The van der Waals surface area contributed by atoms with Crippen LogP contribution in [-0.2, 0) is 22.0 Å². The Bertz CT molecular complexity index is 406. The Morgan fingerprint density at radius 1 is 1.47 bits per heavy atom. The van der Waals surface area contributed by atoms with Gasteiger partial charge in [0.2, 0.25) is 5.91 Å². The van der Waals surface area contributed by atoms with Crippen molar-refractivity contribution in [2.45, 2.75) is 12.8 Å². The number of phenolic OH excluding ortho intramolecular Hbond substituents is 1. The second-order valence-electron chi connectivity index (χ2n) is 3.83. The normalized spacial score (nSPS) is 12.1. The summed E-state index contributed by atoms with van der Waals surface area (Å²) in [7, 11) is -0.806. The van der Waals surface area contributed by atoms with E-state index >= 15 is 0 Å². The highest BCUT2D eigenvalue weighted by Gasteiger charge is 2.03. The molecule has 0 spiro atoms. The van der Waals surface area contributed by atoms with Gasteiger partial charge in [-0.3, -0.25) is 9.00 Å². The molecule has 0 aliphatic rings. The molecule has 2 N–H and O–H groups in total. The van der Waals surface area contributed by atoms with Crippen LogP contribution in [0.3, 0.4) is 0 Å². The van der Waals surface area contributed by atoms with E-state index in [0.29, 0.717) is 12.3 Å². The van der Waals surface area contributed by atoms with Gasteiger partial charge < -0.3 is 10.4 Å². The van der Waals surface area contributed by atoms with Gasteiger partial charge in [0.15, 0.2) is 0 Å². The molecule has 1 rings (SSSR count). The molecule has 17 heavy (non-hydrogen) atoms. The lowest BCUT2D eigenvalue weighted by atomic mass is 10.1. The van der Waals surface area contributed by atoms with Crippen molar-refractivity contribution >= 4 is 16.7 Å². The van der Waals surface area contributed by atoms with Crippen LogP contribution < -0.4 is 5.32 Å². The molecular weight excluding hydrogens is 238 g/mol. The third kappa shape index (κ3) is 6.06. The summed E-state index contributed by atoms with van der Waals surface area (Å²) in [5.41, 5.74) is 0.779. The molecule has 0 aliphatic heterocycles. The lowest BCUT2D eigenvalue weighted by molar-refractivity contribution is -0.120. The Hall–Kier alpha value is -1.36. The number of benzene rings is 1. The van der Waals surface area contributed by atoms with Gasteiger partial charge in [0.25, 0.3) is 0 Å². The SMILES string of the molecule is CS(=O)CCCNC(=O)Cc1cccc(O)c1. The van der Waals surface area contributed by atoms with Crippen LogP contribution in [0.25, 0.3) is 0 Å². The molecule has 1 aromatic rings. The maximum Gasteiger partial charge on any atom is 0.224 e. The predicted octanol–water partition coefficient (Wildman–Crippen LogP) is 0.819. The van der Waals surface area contributed by atoms with Crippen LogP contribution in [0.4, 0.5) is 0 Å². The first-order valence-corrected chi connectivity index (χ1v) is 7.15. The third-order valence-electron chi connectivity index (χ3n) is 2.21. The summed E-state index contributed by atoms with van der Waals surface area (Å²) >= 11 is 0. The summed E-state index contributed by atoms with van der Waals surface area (Å²) in [5.74, 6) is 0.682. The van der Waals surface area contributed by atoms with Gasteiger partial charge >= 0.3 is 0 Å². The second-order valence-corrected chi connectivity index (χ2v) is 5.38. The highest BCUT2D eigenvalue weighted by Crippen LogP contribution is 2.11. The van der Waals surface area contributed by atoms with Crippen LogP contribution >= 0.6 is 0 Å². The van der Waals surface area contributed by atoms with E-state index in [9.17, 15) is 14.1 Å². The number of carbonyl (C=O) groups excluding carboxylic acids is 1. The molecule has 0 bridgehead atoms. The van der Waals surface area contributed by atoms with E-state index in [2.05, 4.69) is 5.32 Å². The largest absolute Gasteiger partial charge is 0.508 e. The van der Waals surface area contributed by atoms with Gasteiger partial charge in [0.05, 0.1) is 6.42 Å². The molecule has 1 amide bonds. The molecule has 1 unspecified atom stereocenters. The lowest BCUT2D eigenvalue weighted by Gasteiger charge is -2.05. The number of hydrogen-bond donors (Lipinski definition) is 2. The molecule has 0 radical (unpaired) electrons. The summed E-state index contributed by atoms with van der Waals surface area (Å²) in [6.45, 7) is 0.539. The first-order valence-electron chi connectivity index (χ1n) is 5.42. The van der Waals surface area contributed by atoms with Crippen LogP contribution in [0.2, 0.25) is 0 Å². The van der Waals surface area contributed by atoms with Crippen molar-refractivity contribution in [3.05, 3.63) is 29.8 Å². The maximum atomic E-state index is 11.5. The molecule has 94 valence electrons. The average molecular weight is 255 g/mol. The fraction of sp³-hybridized carbons (Fsp3) is 0.417. The van der Waals surface area contributed by atoms with Gasteiger partial charge in [-0.25, -0.2) is 0 Å². The summed E-state index contributed by atoms with van der Waals surface area (Å²) < 4.78 is 10.8. The molecule has 0 aliphatic carbocycles. The van der Waals surface area contributed by atoms with Gasteiger partial charge in [0.1, 0.15) is 5.75 Å². The predicted molar refractivity (Wildman–Crippen MR) is 68.4 cm³/mol. The smallest absolute Gasteiger partial charge is 0.224 e. The number of rotatable bonds is 6. The molecule has 0 fully saturated rings. The summed E-state index contributed by atoms with van der Waals surface area (Å²) in [5, 5.41) is 12.0. The van der Waals surface area contributed by atoms with E-state index in [0.717, 1.165) is 12.0 Å². The number of aromatic hydroxyl groups is 1. The van der Waals surface area contributed by atoms with Crippen molar-refractivity contribution < 1.29 is 14.1 Å². The van der Waals surface area contributed by atoms with Crippen LogP contribution in [0.1, 0.15) is 12.0 Å². The minimum atomic E-state index is -0.806. The average Bonchev–Trinajstić information content (AvgIpc) is 2.24. The van der Waals surface area contributed by atoms with Crippen molar-refractivity contribution in [2.75, 3.05) is 18.6 Å². The molecule has 0 heterocycles. The van der Waals surface area contributed by atoms with Crippen LogP contribution in [0, 0.1) is 0 Å². The van der Waals surface area contributed by atoms with Gasteiger partial charge in [-0.1, -0.05) is 12.1 Å². The summed E-state index contributed by atoms with van der Waals surface area (Å²) in [4.78, 5) is 11.5. The first-order chi connectivity index (χ1) is 8.08. The van der Waals surface area contributed by atoms with E-state index in [1.165, 1.54) is 0 Å². The second kappa shape index (κ2) is 7.06. The van der Waals surface area contributed by atoms with Gasteiger partial charge in [-0.05, 0) is 24.1 Å². The minimum absolute atomic E-state index is 0.0857. The van der Waals surface area contributed by atoms with E-state index in [-0.39, 0.29) is 18.1 Å². The van der Waals surface area contributed by atoms with Crippen molar-refractivity contribution in [3.8, 4) is 5.75 Å². The van der Waals surface area contributed by atoms with Crippen molar-refractivity contribution in [1.29, 1.82) is 0 Å². The highest BCUT2D eigenvalue weighted by atomic mass is 32.2. The number of hydrogen-bond acceptors (Lipinski definition) is 3. The van der Waals surface area contributed by atoms with Crippen molar-refractivity contribution in [1.82, 2.24) is 5.32 Å². The third-order valence-corrected chi connectivity index (χ3v) is 3.07. The summed E-state index contributed by atoms with van der Waals surface area (Å²) in [6, 6.07) is 6.64. The van der Waals surface area contributed by atoms with Gasteiger partial charge in [-0.15, -0.1) is 0 Å². The Kier molecular flexibility index (Phi) is 5.69. The molecule has 0 aromatic heterocycles. The topological polar surface area (TPSA) is 66.4 Å². The Morgan fingerprint density at radius 2 is 2.24 bits per heavy atom. The number of carbonyl (C=O) groups is 1. The molecule has 0 saturated heterocycles. The number of amides is 1. The lowest BCUT2D eigenvalue weighted by Crippen LogP contribution is -2.26. The fourth-order valence-corrected chi connectivity index (χ4v) is 1.97. The number of nitrogens with one attached hydrogen (secondary N) is 1. The Morgan fingerprint density at radius 3 is 2.88 bits per heavy atom. The minimum Gasteiger partial charge on any atom is -0.508 e.